The predicted molar refractivity (Wildman–Crippen MR) is 92.2 cm³/mol. The van der Waals surface area contributed by atoms with Crippen LogP contribution < -0.4 is 5.73 Å². The Hall–Kier alpha value is -0.550. The van der Waals surface area contributed by atoms with Gasteiger partial charge in [0, 0.05) is 15.8 Å². The van der Waals surface area contributed by atoms with Crippen molar-refractivity contribution in [3.05, 3.63) is 44.9 Å². The Kier molecular flexibility index (Phi) is 4.33. The highest BCUT2D eigenvalue weighted by Crippen LogP contribution is 2.42. The fraction of sp³-hybridized carbons (Fsp3) is 0.438. The van der Waals surface area contributed by atoms with Gasteiger partial charge in [0.25, 0.3) is 0 Å². The SMILES string of the molecule is CC1(C)Cc2nc(CSc3ccccc3Cl)sc2C(N)C1. The average molecular weight is 339 g/mol. The van der Waals surface area contributed by atoms with Crippen LogP contribution in [0.4, 0.5) is 0 Å². The molecule has 2 nitrogen and oxygen atoms in total. The number of benzene rings is 1. The molecule has 0 saturated carbocycles. The molecule has 1 unspecified atom stereocenters. The van der Waals surface area contributed by atoms with Crippen LogP contribution in [-0.2, 0) is 12.2 Å². The van der Waals surface area contributed by atoms with Crippen molar-refractivity contribution in [2.45, 2.75) is 43.4 Å². The molecule has 0 aliphatic heterocycles. The van der Waals surface area contributed by atoms with Crippen molar-refractivity contribution < 1.29 is 0 Å². The first-order valence-electron chi connectivity index (χ1n) is 7.06. The van der Waals surface area contributed by atoms with Gasteiger partial charge in [-0.2, -0.15) is 0 Å². The van der Waals surface area contributed by atoms with E-state index in [-0.39, 0.29) is 11.5 Å². The number of thioether (sulfide) groups is 1. The van der Waals surface area contributed by atoms with E-state index in [0.29, 0.717) is 0 Å². The third-order valence-electron chi connectivity index (χ3n) is 3.71. The lowest BCUT2D eigenvalue weighted by molar-refractivity contribution is 0.282. The van der Waals surface area contributed by atoms with E-state index in [1.54, 1.807) is 23.1 Å². The molecular formula is C16H19ClN2S2. The first-order chi connectivity index (χ1) is 9.94. The van der Waals surface area contributed by atoms with Crippen LogP contribution in [0.5, 0.6) is 0 Å². The molecule has 3 rings (SSSR count). The number of rotatable bonds is 3. The Balaban J connectivity index is 1.75. The van der Waals surface area contributed by atoms with Gasteiger partial charge in [-0.1, -0.05) is 37.6 Å². The first-order valence-corrected chi connectivity index (χ1v) is 9.24. The van der Waals surface area contributed by atoms with Gasteiger partial charge in [-0.25, -0.2) is 4.98 Å². The van der Waals surface area contributed by atoms with Crippen molar-refractivity contribution in [1.29, 1.82) is 0 Å². The van der Waals surface area contributed by atoms with Crippen molar-refractivity contribution in [1.82, 2.24) is 4.98 Å². The smallest absolute Gasteiger partial charge is 0.103 e. The molecule has 2 aromatic rings. The summed E-state index contributed by atoms with van der Waals surface area (Å²) in [5.74, 6) is 0.856. The van der Waals surface area contributed by atoms with Gasteiger partial charge in [-0.05, 0) is 30.4 Å². The molecule has 1 aromatic heterocycles. The maximum absolute atomic E-state index is 6.31. The van der Waals surface area contributed by atoms with E-state index in [4.69, 9.17) is 22.3 Å². The number of nitrogens with zero attached hydrogens (tertiary/aromatic N) is 1. The summed E-state index contributed by atoms with van der Waals surface area (Å²) in [5.41, 5.74) is 7.77. The lowest BCUT2D eigenvalue weighted by Crippen LogP contribution is -2.28. The Bertz CT molecular complexity index is 651. The van der Waals surface area contributed by atoms with Crippen LogP contribution in [0.1, 0.15) is 41.9 Å². The lowest BCUT2D eigenvalue weighted by Gasteiger charge is -2.32. The van der Waals surface area contributed by atoms with E-state index in [1.165, 1.54) is 10.6 Å². The number of thiazole rings is 1. The number of hydrogen-bond donors (Lipinski definition) is 1. The molecule has 1 aliphatic rings. The summed E-state index contributed by atoms with van der Waals surface area (Å²) in [6, 6.07) is 8.08. The van der Waals surface area contributed by atoms with Crippen LogP contribution >= 0.6 is 34.7 Å². The molecule has 21 heavy (non-hydrogen) atoms. The summed E-state index contributed by atoms with van der Waals surface area (Å²) < 4.78 is 0. The fourth-order valence-corrected chi connectivity index (χ4v) is 5.12. The molecule has 1 heterocycles. The first kappa shape index (κ1) is 15.3. The van der Waals surface area contributed by atoms with Gasteiger partial charge in [-0.3, -0.25) is 0 Å². The van der Waals surface area contributed by atoms with E-state index in [1.807, 2.05) is 18.2 Å². The van der Waals surface area contributed by atoms with E-state index in [2.05, 4.69) is 19.9 Å². The maximum Gasteiger partial charge on any atom is 0.103 e. The van der Waals surface area contributed by atoms with Crippen molar-refractivity contribution in [3.63, 3.8) is 0 Å². The standard InChI is InChI=1S/C16H19ClN2S2/c1-16(2)7-11(18)15-12(8-16)19-14(21-15)9-20-13-6-4-3-5-10(13)17/h3-6,11H,7-9,18H2,1-2H3. The summed E-state index contributed by atoms with van der Waals surface area (Å²) in [7, 11) is 0. The Morgan fingerprint density at radius 3 is 2.95 bits per heavy atom. The highest BCUT2D eigenvalue weighted by Gasteiger charge is 2.33. The van der Waals surface area contributed by atoms with Crippen LogP contribution in [0.25, 0.3) is 0 Å². The van der Waals surface area contributed by atoms with E-state index in [0.717, 1.165) is 33.5 Å². The van der Waals surface area contributed by atoms with Gasteiger partial charge in [0.2, 0.25) is 0 Å². The summed E-state index contributed by atoms with van der Waals surface area (Å²) in [4.78, 5) is 7.21. The fourth-order valence-electron chi connectivity index (χ4n) is 2.81. The zero-order valence-corrected chi connectivity index (χ0v) is 14.6. The largest absolute Gasteiger partial charge is 0.323 e. The Labute approximate surface area is 139 Å². The second kappa shape index (κ2) is 5.92. The van der Waals surface area contributed by atoms with E-state index >= 15 is 0 Å². The molecule has 0 spiro atoms. The minimum atomic E-state index is 0.139. The van der Waals surface area contributed by atoms with Crippen molar-refractivity contribution >= 4 is 34.7 Å². The molecular weight excluding hydrogens is 320 g/mol. The highest BCUT2D eigenvalue weighted by molar-refractivity contribution is 7.98. The van der Waals surface area contributed by atoms with Crippen LogP contribution in [-0.4, -0.2) is 4.98 Å². The van der Waals surface area contributed by atoms with Gasteiger partial charge in [0.15, 0.2) is 0 Å². The van der Waals surface area contributed by atoms with Crippen LogP contribution in [0.3, 0.4) is 0 Å². The minimum Gasteiger partial charge on any atom is -0.323 e. The zero-order chi connectivity index (χ0) is 15.0. The molecule has 1 aliphatic carbocycles. The predicted octanol–water partition coefficient (Wildman–Crippen LogP) is 5.06. The van der Waals surface area contributed by atoms with Crippen LogP contribution in [0, 0.1) is 5.41 Å². The normalized spacial score (nSPS) is 20.3. The molecule has 0 fully saturated rings. The van der Waals surface area contributed by atoms with Crippen molar-refractivity contribution in [2.75, 3.05) is 0 Å². The van der Waals surface area contributed by atoms with Crippen LogP contribution in [0.15, 0.2) is 29.2 Å². The third kappa shape index (κ3) is 3.45. The van der Waals surface area contributed by atoms with Gasteiger partial charge in [-0.15, -0.1) is 23.1 Å². The molecule has 1 aromatic carbocycles. The number of fused-ring (bicyclic) bond motifs is 1. The second-order valence-corrected chi connectivity index (χ2v) is 8.83. The molecule has 1 atom stereocenters. The average Bonchev–Trinajstić information content (AvgIpc) is 2.79. The van der Waals surface area contributed by atoms with Gasteiger partial charge >= 0.3 is 0 Å². The summed E-state index contributed by atoms with van der Waals surface area (Å²) in [6.45, 7) is 4.54. The molecule has 112 valence electrons. The number of nitrogens with two attached hydrogens (primary N) is 1. The monoisotopic (exact) mass is 338 g/mol. The molecule has 0 radical (unpaired) electrons. The quantitative estimate of drug-likeness (QED) is 0.795. The van der Waals surface area contributed by atoms with Crippen LogP contribution in [0.2, 0.25) is 5.02 Å². The Morgan fingerprint density at radius 2 is 2.19 bits per heavy atom. The second-order valence-electron chi connectivity index (χ2n) is 6.29. The zero-order valence-electron chi connectivity index (χ0n) is 12.2. The molecule has 2 N–H and O–H groups in total. The van der Waals surface area contributed by atoms with Crippen molar-refractivity contribution in [2.24, 2.45) is 11.1 Å². The van der Waals surface area contributed by atoms with Gasteiger partial charge in [0.05, 0.1) is 16.5 Å². The Morgan fingerprint density at radius 1 is 1.43 bits per heavy atom. The summed E-state index contributed by atoms with van der Waals surface area (Å²) in [6.07, 6.45) is 2.07. The minimum absolute atomic E-state index is 0.139. The van der Waals surface area contributed by atoms with E-state index in [9.17, 15) is 0 Å². The van der Waals surface area contributed by atoms with Crippen molar-refractivity contribution in [3.8, 4) is 0 Å². The molecule has 5 heteroatoms. The third-order valence-corrected chi connectivity index (χ3v) is 6.65. The number of aromatic nitrogens is 1. The van der Waals surface area contributed by atoms with Gasteiger partial charge < -0.3 is 5.73 Å². The topological polar surface area (TPSA) is 38.9 Å². The highest BCUT2D eigenvalue weighted by atomic mass is 35.5. The summed E-state index contributed by atoms with van der Waals surface area (Å²) >= 11 is 9.70. The molecule has 0 saturated heterocycles. The van der Waals surface area contributed by atoms with E-state index < -0.39 is 0 Å². The maximum atomic E-state index is 6.31. The number of halogens is 1. The lowest BCUT2D eigenvalue weighted by atomic mass is 9.77. The number of hydrogen-bond acceptors (Lipinski definition) is 4. The van der Waals surface area contributed by atoms with Gasteiger partial charge in [0.1, 0.15) is 5.01 Å². The summed E-state index contributed by atoms with van der Waals surface area (Å²) in [5, 5.41) is 1.96. The molecule has 0 amide bonds. The molecule has 0 bridgehead atoms.